The highest BCUT2D eigenvalue weighted by atomic mass is 32.2. The van der Waals surface area contributed by atoms with E-state index in [-0.39, 0.29) is 5.25 Å². The lowest BCUT2D eigenvalue weighted by molar-refractivity contribution is -0.118. The lowest BCUT2D eigenvalue weighted by atomic mass is 10.1. The first kappa shape index (κ1) is 9.71. The third-order valence-electron chi connectivity index (χ3n) is 2.29. The Labute approximate surface area is 87.1 Å². The van der Waals surface area contributed by atoms with Gasteiger partial charge in [-0.3, -0.25) is 9.48 Å². The molecule has 5 heteroatoms. The van der Waals surface area contributed by atoms with Gasteiger partial charge in [0.25, 0.3) is 0 Å². The van der Waals surface area contributed by atoms with Crippen molar-refractivity contribution in [2.45, 2.75) is 24.5 Å². The van der Waals surface area contributed by atoms with Gasteiger partial charge in [-0.25, -0.2) is 0 Å². The van der Waals surface area contributed by atoms with Gasteiger partial charge in [-0.2, -0.15) is 11.8 Å². The van der Waals surface area contributed by atoms with E-state index in [4.69, 9.17) is 0 Å². The Morgan fingerprint density at radius 3 is 3.21 bits per heavy atom. The van der Waals surface area contributed by atoms with E-state index >= 15 is 0 Å². The number of hydrogen-bond donors (Lipinski definition) is 0. The number of carbonyl (C=O) groups is 1. The number of rotatable bonds is 3. The molecule has 1 unspecified atom stereocenters. The summed E-state index contributed by atoms with van der Waals surface area (Å²) in [6, 6.07) is 0. The zero-order valence-electron chi connectivity index (χ0n) is 8.14. The van der Waals surface area contributed by atoms with Crippen LogP contribution in [0.5, 0.6) is 0 Å². The predicted octanol–water partition coefficient (Wildman–Crippen LogP) is 0.822. The molecule has 1 aromatic heterocycles. The summed E-state index contributed by atoms with van der Waals surface area (Å²) < 4.78 is 1.63. The molecular formula is C9H13N3OS. The van der Waals surface area contributed by atoms with E-state index < -0.39 is 0 Å². The standard InChI is InChI=1S/C9H13N3OS/c1-12-6-7(10-11-12)5-8(13)9-3-2-4-14-9/h6,9H,2-5H2,1H3. The zero-order valence-corrected chi connectivity index (χ0v) is 8.96. The molecule has 4 nitrogen and oxygen atoms in total. The number of hydrogen-bond acceptors (Lipinski definition) is 4. The SMILES string of the molecule is Cn1cc(CC(=O)C2CCCS2)nn1. The average molecular weight is 211 g/mol. The molecule has 76 valence electrons. The molecule has 1 aliphatic heterocycles. The van der Waals surface area contributed by atoms with E-state index in [0.29, 0.717) is 12.2 Å². The number of nitrogens with zero attached hydrogens (tertiary/aromatic N) is 3. The van der Waals surface area contributed by atoms with Gasteiger partial charge in [-0.15, -0.1) is 5.10 Å². The van der Waals surface area contributed by atoms with Gasteiger partial charge in [0.05, 0.1) is 17.4 Å². The molecule has 0 spiro atoms. The highest BCUT2D eigenvalue weighted by Crippen LogP contribution is 2.27. The van der Waals surface area contributed by atoms with Crippen molar-refractivity contribution < 1.29 is 4.79 Å². The summed E-state index contributed by atoms with van der Waals surface area (Å²) in [5.41, 5.74) is 0.782. The minimum Gasteiger partial charge on any atom is -0.298 e. The minimum atomic E-state index is 0.206. The van der Waals surface area contributed by atoms with Crippen LogP contribution in [0.2, 0.25) is 0 Å². The van der Waals surface area contributed by atoms with Gasteiger partial charge in [0.2, 0.25) is 0 Å². The van der Waals surface area contributed by atoms with Crippen LogP contribution in [-0.2, 0) is 18.3 Å². The molecule has 1 atom stereocenters. The molecule has 1 aliphatic rings. The molecule has 0 aliphatic carbocycles. The molecule has 1 aromatic rings. The Balaban J connectivity index is 1.93. The smallest absolute Gasteiger partial charge is 0.151 e. The van der Waals surface area contributed by atoms with Crippen LogP contribution in [0.4, 0.5) is 0 Å². The molecule has 1 saturated heterocycles. The number of Topliss-reactive ketones (excluding diaryl/α,β-unsaturated/α-hetero) is 1. The lowest BCUT2D eigenvalue weighted by Crippen LogP contribution is -2.16. The molecule has 0 aromatic carbocycles. The number of ketones is 1. The van der Waals surface area contributed by atoms with Crippen LogP contribution in [0.25, 0.3) is 0 Å². The molecule has 0 bridgehead atoms. The Kier molecular flexibility index (Phi) is 2.86. The zero-order chi connectivity index (χ0) is 9.97. The second-order valence-corrected chi connectivity index (χ2v) is 4.84. The van der Waals surface area contributed by atoms with Crippen LogP contribution in [-0.4, -0.2) is 31.8 Å². The third kappa shape index (κ3) is 2.15. The fraction of sp³-hybridized carbons (Fsp3) is 0.667. The summed E-state index contributed by atoms with van der Waals surface area (Å²) >= 11 is 1.77. The highest BCUT2D eigenvalue weighted by Gasteiger charge is 2.23. The quantitative estimate of drug-likeness (QED) is 0.742. The number of aryl methyl sites for hydroxylation is 1. The average Bonchev–Trinajstić information content (AvgIpc) is 2.75. The third-order valence-corrected chi connectivity index (χ3v) is 3.72. The van der Waals surface area contributed by atoms with E-state index in [1.54, 1.807) is 22.6 Å². The monoisotopic (exact) mass is 211 g/mol. The Morgan fingerprint density at radius 2 is 2.64 bits per heavy atom. The van der Waals surface area contributed by atoms with E-state index in [2.05, 4.69) is 10.3 Å². The number of thioether (sulfide) groups is 1. The highest BCUT2D eigenvalue weighted by molar-refractivity contribution is 8.00. The van der Waals surface area contributed by atoms with Crippen molar-refractivity contribution in [3.05, 3.63) is 11.9 Å². The van der Waals surface area contributed by atoms with Crippen LogP contribution in [0.1, 0.15) is 18.5 Å². The molecule has 14 heavy (non-hydrogen) atoms. The van der Waals surface area contributed by atoms with Crippen molar-refractivity contribution in [1.82, 2.24) is 15.0 Å². The first-order valence-corrected chi connectivity index (χ1v) is 5.80. The summed E-state index contributed by atoms with van der Waals surface area (Å²) in [6.07, 6.45) is 4.44. The van der Waals surface area contributed by atoms with Crippen molar-refractivity contribution in [2.24, 2.45) is 7.05 Å². The van der Waals surface area contributed by atoms with Crippen molar-refractivity contribution >= 4 is 17.5 Å². The molecule has 0 N–H and O–H groups in total. The molecule has 0 amide bonds. The van der Waals surface area contributed by atoms with E-state index in [1.165, 1.54) is 6.42 Å². The van der Waals surface area contributed by atoms with Crippen LogP contribution in [0.3, 0.4) is 0 Å². The summed E-state index contributed by atoms with van der Waals surface area (Å²) in [6.45, 7) is 0. The van der Waals surface area contributed by atoms with Crippen molar-refractivity contribution in [2.75, 3.05) is 5.75 Å². The molecule has 2 rings (SSSR count). The van der Waals surface area contributed by atoms with E-state index in [9.17, 15) is 4.79 Å². The van der Waals surface area contributed by atoms with Crippen molar-refractivity contribution in [3.63, 3.8) is 0 Å². The Hall–Kier alpha value is -0.840. The van der Waals surface area contributed by atoms with Gasteiger partial charge < -0.3 is 0 Å². The van der Waals surface area contributed by atoms with E-state index in [0.717, 1.165) is 17.9 Å². The Bertz CT molecular complexity index is 331. The van der Waals surface area contributed by atoms with Crippen molar-refractivity contribution in [1.29, 1.82) is 0 Å². The van der Waals surface area contributed by atoms with Gasteiger partial charge in [0.15, 0.2) is 5.78 Å². The van der Waals surface area contributed by atoms with Crippen LogP contribution in [0, 0.1) is 0 Å². The van der Waals surface area contributed by atoms with Crippen molar-refractivity contribution in [3.8, 4) is 0 Å². The first-order valence-electron chi connectivity index (χ1n) is 4.75. The maximum atomic E-state index is 11.7. The molecule has 1 fully saturated rings. The molecule has 0 saturated carbocycles. The van der Waals surface area contributed by atoms with Gasteiger partial charge in [-0.1, -0.05) is 5.21 Å². The fourth-order valence-corrected chi connectivity index (χ4v) is 2.82. The normalized spacial score (nSPS) is 21.4. The topological polar surface area (TPSA) is 47.8 Å². The fourth-order valence-electron chi connectivity index (χ4n) is 1.60. The van der Waals surface area contributed by atoms with Crippen LogP contribution >= 0.6 is 11.8 Å². The summed E-state index contributed by atoms with van der Waals surface area (Å²) in [7, 11) is 1.81. The van der Waals surface area contributed by atoms with Crippen LogP contribution in [0.15, 0.2) is 6.20 Å². The van der Waals surface area contributed by atoms with E-state index in [1.807, 2.05) is 7.05 Å². The maximum Gasteiger partial charge on any atom is 0.151 e. The lowest BCUT2D eigenvalue weighted by Gasteiger charge is -2.04. The number of aromatic nitrogens is 3. The largest absolute Gasteiger partial charge is 0.298 e. The molecule has 0 radical (unpaired) electrons. The van der Waals surface area contributed by atoms with Gasteiger partial charge in [0.1, 0.15) is 0 Å². The first-order chi connectivity index (χ1) is 6.75. The molecular weight excluding hydrogens is 198 g/mol. The van der Waals surface area contributed by atoms with Gasteiger partial charge in [-0.05, 0) is 18.6 Å². The summed E-state index contributed by atoms with van der Waals surface area (Å²) in [5.74, 6) is 1.42. The minimum absolute atomic E-state index is 0.206. The maximum absolute atomic E-state index is 11.7. The second kappa shape index (κ2) is 4.13. The van der Waals surface area contributed by atoms with Crippen LogP contribution < -0.4 is 0 Å². The van der Waals surface area contributed by atoms with Gasteiger partial charge >= 0.3 is 0 Å². The number of carbonyl (C=O) groups excluding carboxylic acids is 1. The second-order valence-electron chi connectivity index (χ2n) is 3.53. The summed E-state index contributed by atoms with van der Waals surface area (Å²) in [5, 5.41) is 7.92. The Morgan fingerprint density at radius 1 is 1.79 bits per heavy atom. The van der Waals surface area contributed by atoms with Gasteiger partial charge in [0, 0.05) is 13.2 Å². The predicted molar refractivity (Wildman–Crippen MR) is 55.2 cm³/mol. The summed E-state index contributed by atoms with van der Waals surface area (Å²) in [4.78, 5) is 11.7. The molecule has 2 heterocycles.